The van der Waals surface area contributed by atoms with E-state index in [1.807, 2.05) is 18.2 Å². The van der Waals surface area contributed by atoms with Crippen molar-refractivity contribution in [3.8, 4) is 22.9 Å². The number of hydrogen-bond donors (Lipinski definition) is 3. The molecule has 3 N–H and O–H groups in total. The maximum absolute atomic E-state index is 10.1. The highest BCUT2D eigenvalue weighted by Crippen LogP contribution is 2.40. The molecule has 0 aliphatic carbocycles. The van der Waals surface area contributed by atoms with Crippen LogP contribution in [0, 0.1) is 6.92 Å². The number of benzene rings is 2. The largest absolute Gasteiger partial charge is 0.437 e. The average Bonchev–Trinajstić information content (AvgIpc) is 3.37. The number of aliphatic hydroxyl groups is 1. The monoisotopic (exact) mass is 496 g/mol. The predicted octanol–water partition coefficient (Wildman–Crippen LogP) is 4.53. The van der Waals surface area contributed by atoms with E-state index in [4.69, 9.17) is 9.72 Å². The third-order valence-electron chi connectivity index (χ3n) is 7.22. The van der Waals surface area contributed by atoms with Gasteiger partial charge in [0.2, 0.25) is 11.8 Å². The highest BCUT2D eigenvalue weighted by atomic mass is 16.5. The van der Waals surface area contributed by atoms with E-state index in [0.717, 1.165) is 77.9 Å². The van der Waals surface area contributed by atoms with Crippen molar-refractivity contribution >= 4 is 22.4 Å². The summed E-state index contributed by atoms with van der Waals surface area (Å²) in [5.74, 6) is 1.89. The number of aryl methyl sites for hydroxylation is 1. The molecule has 0 unspecified atom stereocenters. The van der Waals surface area contributed by atoms with Crippen molar-refractivity contribution in [3.05, 3.63) is 66.5 Å². The van der Waals surface area contributed by atoms with E-state index in [-0.39, 0.29) is 6.10 Å². The quantitative estimate of drug-likeness (QED) is 0.359. The molecular formula is C29H32N6O2. The Kier molecular flexibility index (Phi) is 6.59. The summed E-state index contributed by atoms with van der Waals surface area (Å²) in [4.78, 5) is 16.1. The number of nitrogens with zero attached hydrogens (tertiary/aromatic N) is 4. The Morgan fingerprint density at radius 1 is 1.03 bits per heavy atom. The van der Waals surface area contributed by atoms with Crippen LogP contribution in [0.3, 0.4) is 0 Å². The molecule has 0 spiro atoms. The van der Waals surface area contributed by atoms with Crippen LogP contribution in [0.15, 0.2) is 60.9 Å². The summed E-state index contributed by atoms with van der Waals surface area (Å²) in [7, 11) is 0. The molecule has 2 saturated heterocycles. The van der Waals surface area contributed by atoms with Crippen molar-refractivity contribution in [3.63, 3.8) is 0 Å². The molecule has 0 radical (unpaired) electrons. The van der Waals surface area contributed by atoms with Crippen LogP contribution in [-0.2, 0) is 0 Å². The lowest BCUT2D eigenvalue weighted by Crippen LogP contribution is -2.38. The van der Waals surface area contributed by atoms with Crippen LogP contribution in [0.25, 0.3) is 22.0 Å². The fraction of sp³-hybridized carbons (Fsp3) is 0.345. The van der Waals surface area contributed by atoms with Gasteiger partial charge in [-0.3, -0.25) is 0 Å². The number of anilines is 2. The first-order chi connectivity index (χ1) is 18.2. The second-order valence-electron chi connectivity index (χ2n) is 9.88. The van der Waals surface area contributed by atoms with Crippen molar-refractivity contribution in [2.45, 2.75) is 38.3 Å². The maximum atomic E-state index is 10.1. The fourth-order valence-corrected chi connectivity index (χ4v) is 5.29. The van der Waals surface area contributed by atoms with E-state index in [0.29, 0.717) is 24.4 Å². The number of ether oxygens (including phenoxy) is 1. The van der Waals surface area contributed by atoms with E-state index in [2.05, 4.69) is 62.8 Å². The van der Waals surface area contributed by atoms with Crippen LogP contribution in [0.4, 0.5) is 11.6 Å². The van der Waals surface area contributed by atoms with Crippen molar-refractivity contribution in [2.75, 3.05) is 36.4 Å². The Morgan fingerprint density at radius 2 is 1.97 bits per heavy atom. The van der Waals surface area contributed by atoms with E-state index in [9.17, 15) is 5.11 Å². The van der Waals surface area contributed by atoms with E-state index in [1.165, 1.54) is 0 Å². The number of hydrogen-bond acceptors (Lipinski definition) is 8. The first kappa shape index (κ1) is 23.6. The molecule has 4 aromatic rings. The summed E-state index contributed by atoms with van der Waals surface area (Å²) in [6.07, 6.45) is 6.26. The number of pyridine rings is 1. The van der Waals surface area contributed by atoms with E-state index >= 15 is 0 Å². The maximum Gasteiger partial charge on any atom is 0.228 e. The number of β-amino-alcohol motifs (C(OH)–C–C–N with tert-alkyl or cyclic N) is 1. The SMILES string of the molecule is Cc1ccc2c(N3CC[C@H](O)C3)cccc2c1Oc1ncccc1-c1ccnc(N[C@H]2CCCNC2)n1. The molecule has 4 heterocycles. The van der Waals surface area contributed by atoms with E-state index < -0.39 is 0 Å². The molecule has 2 aliphatic rings. The van der Waals surface area contributed by atoms with Crippen LogP contribution in [0.5, 0.6) is 11.6 Å². The summed E-state index contributed by atoms with van der Waals surface area (Å²) >= 11 is 0. The topological polar surface area (TPSA) is 95.4 Å². The van der Waals surface area contributed by atoms with Crippen LogP contribution >= 0.6 is 0 Å². The number of aliphatic hydroxyl groups excluding tert-OH is 1. The molecule has 0 amide bonds. The van der Waals surface area contributed by atoms with Crippen LogP contribution in [0.2, 0.25) is 0 Å². The van der Waals surface area contributed by atoms with E-state index in [1.54, 1.807) is 12.4 Å². The Bertz CT molecular complexity index is 1400. The first-order valence-electron chi connectivity index (χ1n) is 13.0. The lowest BCUT2D eigenvalue weighted by atomic mass is 10.0. The van der Waals surface area contributed by atoms with Crippen molar-refractivity contribution in [1.82, 2.24) is 20.3 Å². The second-order valence-corrected chi connectivity index (χ2v) is 9.88. The molecule has 6 rings (SSSR count). The van der Waals surface area contributed by atoms with Crippen LogP contribution in [0.1, 0.15) is 24.8 Å². The minimum atomic E-state index is -0.283. The number of rotatable bonds is 6. The molecule has 8 heteroatoms. The fourth-order valence-electron chi connectivity index (χ4n) is 5.29. The zero-order valence-electron chi connectivity index (χ0n) is 21.0. The lowest BCUT2D eigenvalue weighted by Gasteiger charge is -2.23. The minimum Gasteiger partial charge on any atom is -0.437 e. The van der Waals surface area contributed by atoms with Gasteiger partial charge >= 0.3 is 0 Å². The van der Waals surface area contributed by atoms with Gasteiger partial charge in [0.25, 0.3) is 0 Å². The average molecular weight is 497 g/mol. The first-order valence-corrected chi connectivity index (χ1v) is 13.0. The molecule has 190 valence electrons. The van der Waals surface area contributed by atoms with Gasteiger partial charge in [0.15, 0.2) is 0 Å². The number of fused-ring (bicyclic) bond motifs is 1. The van der Waals surface area contributed by atoms with Crippen LogP contribution in [-0.4, -0.2) is 58.4 Å². The normalized spacial score (nSPS) is 19.8. The second kappa shape index (κ2) is 10.3. The number of piperidine rings is 1. The minimum absolute atomic E-state index is 0.283. The predicted molar refractivity (Wildman–Crippen MR) is 146 cm³/mol. The molecular weight excluding hydrogens is 464 g/mol. The summed E-state index contributed by atoms with van der Waals surface area (Å²) < 4.78 is 6.57. The highest BCUT2D eigenvalue weighted by Gasteiger charge is 2.23. The zero-order valence-corrected chi connectivity index (χ0v) is 21.0. The molecule has 0 bridgehead atoms. The molecule has 2 aliphatic heterocycles. The Morgan fingerprint density at radius 3 is 2.81 bits per heavy atom. The zero-order chi connectivity index (χ0) is 25.2. The lowest BCUT2D eigenvalue weighted by molar-refractivity contribution is 0.198. The molecule has 2 atom stereocenters. The molecule has 8 nitrogen and oxygen atoms in total. The summed E-state index contributed by atoms with van der Waals surface area (Å²) in [5.41, 5.74) is 3.71. The van der Waals surface area contributed by atoms with Crippen molar-refractivity contribution in [2.24, 2.45) is 0 Å². The van der Waals surface area contributed by atoms with Gasteiger partial charge in [0.05, 0.1) is 17.4 Å². The molecule has 37 heavy (non-hydrogen) atoms. The highest BCUT2D eigenvalue weighted by molar-refractivity contribution is 5.99. The molecule has 0 saturated carbocycles. The summed E-state index contributed by atoms with van der Waals surface area (Å²) in [6.45, 7) is 5.51. The molecule has 2 fully saturated rings. The Hall–Kier alpha value is -3.75. The van der Waals surface area contributed by atoms with Crippen LogP contribution < -0.4 is 20.3 Å². The van der Waals surface area contributed by atoms with Gasteiger partial charge in [-0.05, 0) is 62.6 Å². The van der Waals surface area contributed by atoms with Gasteiger partial charge in [-0.2, -0.15) is 0 Å². The Balaban J connectivity index is 1.34. The molecule has 2 aromatic heterocycles. The van der Waals surface area contributed by atoms with Gasteiger partial charge in [-0.1, -0.05) is 24.3 Å². The molecule has 2 aromatic carbocycles. The van der Waals surface area contributed by atoms with Gasteiger partial charge in [0.1, 0.15) is 5.75 Å². The summed E-state index contributed by atoms with van der Waals surface area (Å²) in [5, 5.41) is 19.1. The number of nitrogens with one attached hydrogen (secondary N) is 2. The van der Waals surface area contributed by atoms with Gasteiger partial charge in [0, 0.05) is 54.5 Å². The van der Waals surface area contributed by atoms with Gasteiger partial charge in [-0.15, -0.1) is 0 Å². The standard InChI is InChI=1S/C29H32N6O2/c1-19-9-10-22-23(6-2-8-26(22)35-16-12-21(36)18-35)27(19)37-28-24(7-4-14-31-28)25-11-15-32-29(34-25)33-20-5-3-13-30-17-20/h2,4,6-11,14-15,20-21,30,36H,3,5,12-13,16-18H2,1H3,(H,32,33,34)/t20-,21-/m0/s1. The number of aromatic nitrogens is 3. The Labute approximate surface area is 216 Å². The third kappa shape index (κ3) is 4.95. The van der Waals surface area contributed by atoms with Gasteiger partial charge < -0.3 is 25.4 Å². The van der Waals surface area contributed by atoms with Crippen molar-refractivity contribution < 1.29 is 9.84 Å². The van der Waals surface area contributed by atoms with Gasteiger partial charge in [-0.25, -0.2) is 15.0 Å². The van der Waals surface area contributed by atoms with Crippen molar-refractivity contribution in [1.29, 1.82) is 0 Å². The third-order valence-corrected chi connectivity index (χ3v) is 7.22. The summed E-state index contributed by atoms with van der Waals surface area (Å²) in [6, 6.07) is 16.6. The smallest absolute Gasteiger partial charge is 0.228 e.